The third-order valence-electron chi connectivity index (χ3n) is 4.11. The van der Waals surface area contributed by atoms with Gasteiger partial charge in [0.1, 0.15) is 0 Å². The lowest BCUT2D eigenvalue weighted by Crippen LogP contribution is -2.39. The summed E-state index contributed by atoms with van der Waals surface area (Å²) in [6, 6.07) is 15.7. The zero-order valence-electron chi connectivity index (χ0n) is 13.9. The number of hydrazone groups is 1. The maximum absolute atomic E-state index is 12.3. The molecule has 0 saturated heterocycles. The summed E-state index contributed by atoms with van der Waals surface area (Å²) in [5.41, 5.74) is 7.52. The minimum Gasteiger partial charge on any atom is -0.274 e. The standard InChI is InChI=1S/C19H16N4O.ClH/c1-12-7-9-14(10-8-12)19-22-21-18-15-5-3-4-6-16(15)20-11-17(18)23(19)13(2)24;/h3-11,21H,1-2H3;1H. The van der Waals surface area contributed by atoms with Crippen molar-refractivity contribution >= 4 is 46.4 Å². The number of carbonyl (C=O) groups excluding carboxylic acids is 1. The summed E-state index contributed by atoms with van der Waals surface area (Å²) in [6.07, 6.45) is 1.72. The molecule has 0 atom stereocenters. The minimum atomic E-state index is -0.103. The molecule has 0 saturated carbocycles. The van der Waals surface area contributed by atoms with Crippen molar-refractivity contribution in [1.82, 2.24) is 4.98 Å². The Balaban J connectivity index is 0.00000182. The highest BCUT2D eigenvalue weighted by atomic mass is 35.5. The van der Waals surface area contributed by atoms with Gasteiger partial charge in [-0.2, -0.15) is 5.10 Å². The number of pyridine rings is 1. The predicted molar refractivity (Wildman–Crippen MR) is 103 cm³/mol. The lowest BCUT2D eigenvalue weighted by molar-refractivity contribution is -0.115. The molecule has 0 bridgehead atoms. The topological polar surface area (TPSA) is 57.6 Å². The van der Waals surface area contributed by atoms with Crippen LogP contribution in [0, 0.1) is 6.92 Å². The van der Waals surface area contributed by atoms with Gasteiger partial charge in [0.15, 0.2) is 5.84 Å². The number of rotatable bonds is 1. The lowest BCUT2D eigenvalue weighted by atomic mass is 10.1. The van der Waals surface area contributed by atoms with Gasteiger partial charge in [-0.3, -0.25) is 20.1 Å². The van der Waals surface area contributed by atoms with Crippen molar-refractivity contribution in [2.45, 2.75) is 13.8 Å². The summed E-state index contributed by atoms with van der Waals surface area (Å²) in [6.45, 7) is 3.56. The molecule has 5 nitrogen and oxygen atoms in total. The number of carbonyl (C=O) groups is 1. The second-order valence-electron chi connectivity index (χ2n) is 5.80. The molecule has 1 amide bonds. The van der Waals surface area contributed by atoms with Crippen molar-refractivity contribution in [3.8, 4) is 0 Å². The van der Waals surface area contributed by atoms with Crippen LogP contribution in [0.15, 0.2) is 59.8 Å². The van der Waals surface area contributed by atoms with Crippen LogP contribution in [0.4, 0.5) is 11.4 Å². The molecule has 0 aliphatic carbocycles. The zero-order chi connectivity index (χ0) is 16.7. The molecule has 6 heteroatoms. The number of hydrogen-bond acceptors (Lipinski definition) is 4. The Labute approximate surface area is 151 Å². The third kappa shape index (κ3) is 2.83. The highest BCUT2D eigenvalue weighted by Crippen LogP contribution is 2.36. The fraction of sp³-hybridized carbons (Fsp3) is 0.105. The van der Waals surface area contributed by atoms with E-state index < -0.39 is 0 Å². The zero-order valence-corrected chi connectivity index (χ0v) is 14.7. The first-order chi connectivity index (χ1) is 11.6. The normalized spacial score (nSPS) is 12.7. The predicted octanol–water partition coefficient (Wildman–Crippen LogP) is 4.11. The number of fused-ring (bicyclic) bond motifs is 3. The van der Waals surface area contributed by atoms with E-state index in [0.29, 0.717) is 11.5 Å². The summed E-state index contributed by atoms with van der Waals surface area (Å²) >= 11 is 0. The molecule has 4 rings (SSSR count). The van der Waals surface area contributed by atoms with Gasteiger partial charge in [0.25, 0.3) is 0 Å². The van der Waals surface area contributed by atoms with Gasteiger partial charge in [-0.25, -0.2) is 0 Å². The molecule has 0 radical (unpaired) electrons. The Morgan fingerprint density at radius 1 is 1.08 bits per heavy atom. The average Bonchev–Trinajstić information content (AvgIpc) is 2.61. The van der Waals surface area contributed by atoms with Crippen LogP contribution < -0.4 is 10.3 Å². The van der Waals surface area contributed by atoms with Crippen molar-refractivity contribution < 1.29 is 4.79 Å². The molecule has 25 heavy (non-hydrogen) atoms. The summed E-state index contributed by atoms with van der Waals surface area (Å²) in [5, 5.41) is 5.41. The Bertz CT molecular complexity index is 982. The second kappa shape index (κ2) is 6.53. The molecule has 1 aliphatic rings. The summed E-state index contributed by atoms with van der Waals surface area (Å²) in [4.78, 5) is 18.4. The highest BCUT2D eigenvalue weighted by molar-refractivity contribution is 6.26. The van der Waals surface area contributed by atoms with Gasteiger partial charge >= 0.3 is 0 Å². The fourth-order valence-corrected chi connectivity index (χ4v) is 2.91. The maximum atomic E-state index is 12.3. The van der Waals surface area contributed by atoms with Gasteiger partial charge in [0, 0.05) is 17.9 Å². The first-order valence-corrected chi connectivity index (χ1v) is 7.74. The van der Waals surface area contributed by atoms with Gasteiger partial charge < -0.3 is 0 Å². The van der Waals surface area contributed by atoms with Gasteiger partial charge in [-0.05, 0) is 13.0 Å². The molecule has 3 aromatic rings. The van der Waals surface area contributed by atoms with E-state index >= 15 is 0 Å². The van der Waals surface area contributed by atoms with Crippen LogP contribution in [0.3, 0.4) is 0 Å². The van der Waals surface area contributed by atoms with E-state index in [0.717, 1.165) is 27.7 Å². The van der Waals surface area contributed by atoms with E-state index in [1.165, 1.54) is 6.92 Å². The van der Waals surface area contributed by atoms with E-state index in [4.69, 9.17) is 0 Å². The van der Waals surface area contributed by atoms with E-state index in [1.807, 2.05) is 55.5 Å². The average molecular weight is 353 g/mol. The SMILES string of the molecule is CC(=O)N1C(c2ccc(C)cc2)=NNc2c1cnc1ccccc21.Cl. The van der Waals surface area contributed by atoms with Gasteiger partial charge in [-0.1, -0.05) is 48.0 Å². The summed E-state index contributed by atoms with van der Waals surface area (Å²) < 4.78 is 0. The summed E-state index contributed by atoms with van der Waals surface area (Å²) in [7, 11) is 0. The first-order valence-electron chi connectivity index (χ1n) is 7.74. The van der Waals surface area contributed by atoms with Crippen LogP contribution in [0.25, 0.3) is 10.9 Å². The van der Waals surface area contributed by atoms with Gasteiger partial charge in [0.05, 0.1) is 23.1 Å². The second-order valence-corrected chi connectivity index (χ2v) is 5.80. The molecule has 1 aromatic heterocycles. The molecule has 2 heterocycles. The van der Waals surface area contributed by atoms with E-state index in [9.17, 15) is 4.79 Å². The van der Waals surface area contributed by atoms with Crippen LogP contribution in [0.2, 0.25) is 0 Å². The minimum absolute atomic E-state index is 0. The van der Waals surface area contributed by atoms with Crippen molar-refractivity contribution in [2.24, 2.45) is 5.10 Å². The van der Waals surface area contributed by atoms with Crippen LogP contribution in [-0.4, -0.2) is 16.7 Å². The Morgan fingerprint density at radius 3 is 2.52 bits per heavy atom. The molecule has 1 aliphatic heterocycles. The van der Waals surface area contributed by atoms with Crippen molar-refractivity contribution in [1.29, 1.82) is 0 Å². The van der Waals surface area contributed by atoms with E-state index in [1.54, 1.807) is 11.1 Å². The smallest absolute Gasteiger partial charge is 0.229 e. The number of amidine groups is 1. The van der Waals surface area contributed by atoms with E-state index in [-0.39, 0.29) is 18.3 Å². The van der Waals surface area contributed by atoms with Crippen LogP contribution >= 0.6 is 12.4 Å². The Morgan fingerprint density at radius 2 is 1.80 bits per heavy atom. The van der Waals surface area contributed by atoms with Crippen molar-refractivity contribution in [3.05, 3.63) is 65.9 Å². The molecular formula is C19H17ClN4O. The molecule has 2 aromatic carbocycles. The monoisotopic (exact) mass is 352 g/mol. The molecular weight excluding hydrogens is 336 g/mol. The van der Waals surface area contributed by atoms with Gasteiger partial charge in [-0.15, -0.1) is 12.4 Å². The molecule has 0 spiro atoms. The van der Waals surface area contributed by atoms with Crippen LogP contribution in [0.5, 0.6) is 0 Å². The van der Waals surface area contributed by atoms with Crippen LogP contribution in [-0.2, 0) is 4.79 Å². The number of para-hydroxylation sites is 1. The molecule has 0 unspecified atom stereocenters. The molecule has 126 valence electrons. The summed E-state index contributed by atoms with van der Waals surface area (Å²) in [5.74, 6) is 0.473. The molecule has 0 fully saturated rings. The number of aromatic nitrogens is 1. The highest BCUT2D eigenvalue weighted by Gasteiger charge is 2.27. The number of aryl methyl sites for hydroxylation is 1. The van der Waals surface area contributed by atoms with Gasteiger partial charge in [0.2, 0.25) is 5.91 Å². The Hall–Kier alpha value is -2.92. The van der Waals surface area contributed by atoms with Crippen molar-refractivity contribution in [3.63, 3.8) is 0 Å². The number of amides is 1. The third-order valence-corrected chi connectivity index (χ3v) is 4.11. The first kappa shape index (κ1) is 16.9. The number of hydrogen-bond donors (Lipinski definition) is 1. The number of halogens is 1. The van der Waals surface area contributed by atoms with E-state index in [2.05, 4.69) is 15.5 Å². The number of anilines is 2. The maximum Gasteiger partial charge on any atom is 0.229 e. The Kier molecular flexibility index (Phi) is 4.42. The lowest BCUT2D eigenvalue weighted by Gasteiger charge is -2.29. The van der Waals surface area contributed by atoms with Crippen molar-refractivity contribution in [2.75, 3.05) is 10.3 Å². The number of benzene rings is 2. The number of nitrogens with one attached hydrogen (secondary N) is 1. The van der Waals surface area contributed by atoms with Crippen LogP contribution in [0.1, 0.15) is 18.1 Å². The quantitative estimate of drug-likeness (QED) is 0.717. The molecule has 1 N–H and O–H groups in total. The fourth-order valence-electron chi connectivity index (χ4n) is 2.91. The largest absolute Gasteiger partial charge is 0.274 e. The number of nitrogens with zero attached hydrogens (tertiary/aromatic N) is 3.